The first-order valence-corrected chi connectivity index (χ1v) is 23.8. The Labute approximate surface area is 334 Å². The second kappa shape index (κ2) is 38.4. The van der Waals surface area contributed by atoms with Crippen LogP contribution in [0, 0.1) is 5.92 Å². The molecule has 0 aromatic rings. The van der Waals surface area contributed by atoms with Crippen molar-refractivity contribution in [2.24, 2.45) is 5.92 Å². The van der Waals surface area contributed by atoms with Gasteiger partial charge >= 0.3 is 13.8 Å². The van der Waals surface area contributed by atoms with Crippen molar-refractivity contribution in [3.05, 3.63) is 48.6 Å². The molecule has 0 bridgehead atoms. The van der Waals surface area contributed by atoms with E-state index < -0.39 is 7.82 Å². The van der Waals surface area contributed by atoms with Crippen LogP contribution in [0.5, 0.6) is 0 Å². The lowest BCUT2D eigenvalue weighted by Gasteiger charge is -2.24. The third kappa shape index (κ3) is 41.7. The molecule has 0 aliphatic heterocycles. The summed E-state index contributed by atoms with van der Waals surface area (Å²) < 4.78 is 29.4. The highest BCUT2D eigenvalue weighted by Crippen LogP contribution is 2.43. The molecule has 7 nitrogen and oxygen atoms in total. The van der Waals surface area contributed by atoms with Gasteiger partial charge in [-0.2, -0.15) is 0 Å². The minimum Gasteiger partial charge on any atom is -0.465 e. The summed E-state index contributed by atoms with van der Waals surface area (Å²) in [5.74, 6) is -0.337. The van der Waals surface area contributed by atoms with E-state index in [1.54, 1.807) is 0 Å². The standard InChI is InChI=1S/C46H86NO6P/c1-6-8-10-12-14-16-18-20-22-23-24-26-27-29-31-33-35-37-39-45(44-53-54(49,50)52-42-41-47(3,4)5)43-51-46(48)40-38-36-34-32-30-28-25-21-19-17-15-13-11-9-7-2/h12,14,18,20,23-24,27,29,45H,6-11,13,15-17,19,21-22,25-26,28,30-44H2,1-5H3/p+1/b14-12-,20-18-,24-23-,29-27-. The van der Waals surface area contributed by atoms with Crippen molar-refractivity contribution in [1.82, 2.24) is 0 Å². The molecule has 0 heterocycles. The first-order valence-electron chi connectivity index (χ1n) is 22.3. The number of phosphoric ester groups is 1. The number of unbranched alkanes of at least 4 members (excludes halogenated alkanes) is 19. The van der Waals surface area contributed by atoms with Crippen LogP contribution in [0.15, 0.2) is 48.6 Å². The van der Waals surface area contributed by atoms with Gasteiger partial charge in [-0.1, -0.05) is 178 Å². The number of phosphoric acid groups is 1. The van der Waals surface area contributed by atoms with Gasteiger partial charge in [-0.05, 0) is 51.4 Å². The van der Waals surface area contributed by atoms with Crippen LogP contribution in [0.4, 0.5) is 0 Å². The lowest BCUT2D eigenvalue weighted by molar-refractivity contribution is -0.870. The maximum absolute atomic E-state index is 12.5. The van der Waals surface area contributed by atoms with E-state index in [-0.39, 0.29) is 31.7 Å². The quantitative estimate of drug-likeness (QED) is 0.0219. The van der Waals surface area contributed by atoms with E-state index in [0.717, 1.165) is 64.2 Å². The molecule has 0 radical (unpaired) electrons. The Hall–Kier alpha value is -1.50. The summed E-state index contributed by atoms with van der Waals surface area (Å²) in [6, 6.07) is 0. The Morgan fingerprint density at radius 2 is 1.02 bits per heavy atom. The van der Waals surface area contributed by atoms with Gasteiger partial charge in [-0.15, -0.1) is 0 Å². The molecule has 54 heavy (non-hydrogen) atoms. The van der Waals surface area contributed by atoms with E-state index in [1.807, 2.05) is 21.1 Å². The van der Waals surface area contributed by atoms with Crippen LogP contribution < -0.4 is 0 Å². The number of likely N-dealkylation sites (N-methyl/N-ethyl adjacent to an activating group) is 1. The average Bonchev–Trinajstić information content (AvgIpc) is 3.12. The molecular formula is C46H87NO6P+. The number of hydrogen-bond acceptors (Lipinski definition) is 5. The predicted molar refractivity (Wildman–Crippen MR) is 232 cm³/mol. The highest BCUT2D eigenvalue weighted by molar-refractivity contribution is 7.47. The van der Waals surface area contributed by atoms with Crippen molar-refractivity contribution in [3.63, 3.8) is 0 Å². The van der Waals surface area contributed by atoms with E-state index in [2.05, 4.69) is 62.5 Å². The van der Waals surface area contributed by atoms with Gasteiger partial charge in [0.15, 0.2) is 0 Å². The van der Waals surface area contributed by atoms with Crippen LogP contribution >= 0.6 is 7.82 Å². The SMILES string of the molecule is CCCC/C=C\C/C=C\C/C=C\C/C=C\CCCCCC(COC(=O)CCCCCCCCCCCCCCCCC)COP(=O)(O)OCC[N+](C)(C)C. The number of allylic oxidation sites excluding steroid dienone is 8. The van der Waals surface area contributed by atoms with Crippen molar-refractivity contribution >= 4 is 13.8 Å². The van der Waals surface area contributed by atoms with Gasteiger partial charge in [0, 0.05) is 12.3 Å². The predicted octanol–water partition coefficient (Wildman–Crippen LogP) is 13.8. The van der Waals surface area contributed by atoms with Crippen molar-refractivity contribution in [1.29, 1.82) is 0 Å². The van der Waals surface area contributed by atoms with Gasteiger partial charge < -0.3 is 14.1 Å². The number of carbonyl (C=O) groups excluding carboxylic acids is 1. The Morgan fingerprint density at radius 1 is 0.574 bits per heavy atom. The summed E-state index contributed by atoms with van der Waals surface area (Å²) in [7, 11) is 1.82. The van der Waals surface area contributed by atoms with E-state index in [0.29, 0.717) is 17.4 Å². The number of carbonyl (C=O) groups is 1. The first kappa shape index (κ1) is 52.5. The molecule has 2 unspecified atom stereocenters. The molecule has 8 heteroatoms. The number of esters is 1. The van der Waals surface area contributed by atoms with E-state index in [4.69, 9.17) is 13.8 Å². The molecule has 0 spiro atoms. The Balaban J connectivity index is 4.32. The Bertz CT molecular complexity index is 1000. The van der Waals surface area contributed by atoms with Crippen LogP contribution in [0.3, 0.4) is 0 Å². The molecular weight excluding hydrogens is 693 g/mol. The van der Waals surface area contributed by atoms with Crippen molar-refractivity contribution in [2.45, 2.75) is 187 Å². The zero-order valence-corrected chi connectivity index (χ0v) is 36.9. The first-order chi connectivity index (χ1) is 26.1. The molecule has 0 aliphatic rings. The summed E-state index contributed by atoms with van der Waals surface area (Å²) in [5.41, 5.74) is 0. The third-order valence-corrected chi connectivity index (χ3v) is 10.6. The Morgan fingerprint density at radius 3 is 1.52 bits per heavy atom. The Kier molecular flexibility index (Phi) is 37.3. The van der Waals surface area contributed by atoms with Crippen LogP contribution in [0.1, 0.15) is 187 Å². The summed E-state index contributed by atoms with van der Waals surface area (Å²) >= 11 is 0. The number of ether oxygens (including phenoxy) is 1. The van der Waals surface area contributed by atoms with Gasteiger partial charge in [0.05, 0.1) is 34.4 Å². The molecule has 0 aliphatic carbocycles. The normalized spacial score (nSPS) is 14.3. The second-order valence-corrected chi connectivity index (χ2v) is 17.7. The van der Waals surface area contributed by atoms with Gasteiger partial charge in [-0.25, -0.2) is 4.57 Å². The number of hydrogen-bond donors (Lipinski definition) is 1. The highest BCUT2D eigenvalue weighted by Gasteiger charge is 2.25. The number of rotatable bonds is 40. The number of quaternary nitrogens is 1. The molecule has 316 valence electrons. The van der Waals surface area contributed by atoms with Crippen molar-refractivity contribution in [2.75, 3.05) is 47.5 Å². The highest BCUT2D eigenvalue weighted by atomic mass is 31.2. The van der Waals surface area contributed by atoms with Crippen LogP contribution in [-0.4, -0.2) is 62.9 Å². The monoisotopic (exact) mass is 781 g/mol. The lowest BCUT2D eigenvalue weighted by Crippen LogP contribution is -2.37. The van der Waals surface area contributed by atoms with Crippen LogP contribution in [0.2, 0.25) is 0 Å². The zero-order valence-electron chi connectivity index (χ0n) is 36.0. The van der Waals surface area contributed by atoms with Gasteiger partial charge in [0.1, 0.15) is 13.2 Å². The zero-order chi connectivity index (χ0) is 39.9. The summed E-state index contributed by atoms with van der Waals surface area (Å²) in [4.78, 5) is 22.8. The van der Waals surface area contributed by atoms with Gasteiger partial charge in [-0.3, -0.25) is 13.8 Å². The molecule has 0 fully saturated rings. The van der Waals surface area contributed by atoms with E-state index in [1.165, 1.54) is 103 Å². The fourth-order valence-corrected chi connectivity index (χ4v) is 6.83. The van der Waals surface area contributed by atoms with Gasteiger partial charge in [0.25, 0.3) is 0 Å². The molecule has 0 amide bonds. The smallest absolute Gasteiger partial charge is 0.465 e. The summed E-state index contributed by atoms with van der Waals surface area (Å²) in [6.45, 7) is 5.45. The fraction of sp³-hybridized carbons (Fsp3) is 0.804. The summed E-state index contributed by atoms with van der Waals surface area (Å²) in [6.07, 6.45) is 49.2. The molecule has 0 saturated heterocycles. The van der Waals surface area contributed by atoms with Crippen molar-refractivity contribution in [3.8, 4) is 0 Å². The molecule has 1 N–H and O–H groups in total. The van der Waals surface area contributed by atoms with E-state index >= 15 is 0 Å². The van der Waals surface area contributed by atoms with Crippen LogP contribution in [-0.2, 0) is 23.1 Å². The fourth-order valence-electron chi connectivity index (χ4n) is 6.05. The second-order valence-electron chi connectivity index (χ2n) is 16.2. The van der Waals surface area contributed by atoms with E-state index in [9.17, 15) is 14.3 Å². The largest absolute Gasteiger partial charge is 0.472 e. The summed E-state index contributed by atoms with van der Waals surface area (Å²) in [5, 5.41) is 0. The van der Waals surface area contributed by atoms with Gasteiger partial charge in [0.2, 0.25) is 0 Å². The topological polar surface area (TPSA) is 82.1 Å². The van der Waals surface area contributed by atoms with Crippen molar-refractivity contribution < 1.29 is 32.5 Å². The minimum atomic E-state index is -4.18. The number of nitrogens with zero attached hydrogens (tertiary/aromatic N) is 1. The maximum Gasteiger partial charge on any atom is 0.472 e. The molecule has 0 aromatic carbocycles. The molecule has 0 rings (SSSR count). The molecule has 0 saturated carbocycles. The third-order valence-electron chi connectivity index (χ3n) is 9.65. The average molecular weight is 781 g/mol. The molecule has 2 atom stereocenters. The lowest BCUT2D eigenvalue weighted by atomic mass is 10.0. The minimum absolute atomic E-state index is 0.0292. The maximum atomic E-state index is 12.5. The molecule has 0 aromatic heterocycles. The van der Waals surface area contributed by atoms with Crippen LogP contribution in [0.25, 0.3) is 0 Å².